The van der Waals surface area contributed by atoms with Crippen LogP contribution in [0.2, 0.25) is 0 Å². The molecule has 0 N–H and O–H groups in total. The van der Waals surface area contributed by atoms with Crippen molar-refractivity contribution < 1.29 is 19.3 Å². The maximum atomic E-state index is 13.9. The van der Waals surface area contributed by atoms with Crippen LogP contribution < -0.4 is 4.90 Å². The fraction of sp³-hybridized carbons (Fsp3) is 0.320. The van der Waals surface area contributed by atoms with E-state index in [-0.39, 0.29) is 29.1 Å². The van der Waals surface area contributed by atoms with Crippen molar-refractivity contribution in [3.05, 3.63) is 75.8 Å². The molecule has 0 aliphatic carbocycles. The number of nitro groups is 1. The lowest BCUT2D eigenvalue weighted by Crippen LogP contribution is -2.50. The van der Waals surface area contributed by atoms with Crippen molar-refractivity contribution in [2.75, 3.05) is 4.90 Å². The molecule has 3 aliphatic heterocycles. The molecule has 3 aliphatic rings. The Kier molecular flexibility index (Phi) is 4.88. The van der Waals surface area contributed by atoms with Gasteiger partial charge in [-0.1, -0.05) is 49.4 Å². The van der Waals surface area contributed by atoms with Gasteiger partial charge in [-0.15, -0.1) is 0 Å². The molecular formula is C25H23N3O5. The highest BCUT2D eigenvalue weighted by Crippen LogP contribution is 2.49. The van der Waals surface area contributed by atoms with Crippen molar-refractivity contribution in [1.29, 1.82) is 0 Å². The third kappa shape index (κ3) is 3.01. The van der Waals surface area contributed by atoms with Gasteiger partial charge in [-0.05, 0) is 25.0 Å². The smallest absolute Gasteiger partial charge is 0.270 e. The van der Waals surface area contributed by atoms with Crippen LogP contribution in [0, 0.1) is 22.0 Å². The van der Waals surface area contributed by atoms with Gasteiger partial charge in [-0.3, -0.25) is 29.4 Å². The second kappa shape index (κ2) is 7.65. The standard InChI is InChI=1S/C25H23N3O5/c1-3-14(2)26-24(30)20-19-12-11-15-7-4-5-10-18(15)27(19)22(21(20)25(26)31)23(29)16-8-6-9-17(13-16)28(32)33/h4-14,19-22H,3H2,1-2H3/t14-,19-,20-,21-,22-/m0/s1. The van der Waals surface area contributed by atoms with E-state index in [1.165, 1.54) is 29.2 Å². The Hall–Kier alpha value is -3.81. The maximum Gasteiger partial charge on any atom is 0.270 e. The maximum absolute atomic E-state index is 13.9. The van der Waals surface area contributed by atoms with Crippen molar-refractivity contribution in [1.82, 2.24) is 4.90 Å². The summed E-state index contributed by atoms with van der Waals surface area (Å²) in [5.41, 5.74) is 1.63. The lowest BCUT2D eigenvalue weighted by Gasteiger charge is -2.37. The van der Waals surface area contributed by atoms with Crippen LogP contribution in [-0.4, -0.2) is 45.5 Å². The summed E-state index contributed by atoms with van der Waals surface area (Å²) in [6.45, 7) is 3.74. The highest BCUT2D eigenvalue weighted by molar-refractivity contribution is 6.14. The Morgan fingerprint density at radius 3 is 2.55 bits per heavy atom. The molecule has 5 atom stereocenters. The zero-order valence-electron chi connectivity index (χ0n) is 18.3. The van der Waals surface area contributed by atoms with E-state index in [2.05, 4.69) is 0 Å². The number of non-ortho nitro benzene ring substituents is 1. The number of para-hydroxylation sites is 1. The summed E-state index contributed by atoms with van der Waals surface area (Å²) in [6, 6.07) is 11.5. The van der Waals surface area contributed by atoms with Crippen LogP contribution in [0.25, 0.3) is 6.08 Å². The van der Waals surface area contributed by atoms with E-state index in [4.69, 9.17) is 0 Å². The molecular weight excluding hydrogens is 422 g/mol. The lowest BCUT2D eigenvalue weighted by molar-refractivity contribution is -0.384. The second-order valence-corrected chi connectivity index (χ2v) is 8.79. The number of Topliss-reactive ketones (excluding diaryl/α,β-unsaturated/α-hetero) is 1. The molecule has 2 saturated heterocycles. The topological polar surface area (TPSA) is 101 Å². The van der Waals surface area contributed by atoms with Crippen LogP contribution in [0.15, 0.2) is 54.6 Å². The SMILES string of the molecule is CC[C@H](C)N1C(=O)[C@@H]2[C@H](C1=O)[C@@H](C(=O)c1cccc([N+](=O)[O-])c1)N1c3ccccc3C=C[C@@H]21. The quantitative estimate of drug-likeness (QED) is 0.302. The summed E-state index contributed by atoms with van der Waals surface area (Å²) >= 11 is 0. The minimum Gasteiger partial charge on any atom is -0.352 e. The van der Waals surface area contributed by atoms with Crippen LogP contribution in [0.4, 0.5) is 11.4 Å². The summed E-state index contributed by atoms with van der Waals surface area (Å²) in [7, 11) is 0. The van der Waals surface area contributed by atoms with Gasteiger partial charge in [0.2, 0.25) is 11.8 Å². The van der Waals surface area contributed by atoms with E-state index in [1.54, 1.807) is 0 Å². The Balaban J connectivity index is 1.65. The first-order valence-electron chi connectivity index (χ1n) is 11.1. The second-order valence-electron chi connectivity index (χ2n) is 8.79. The van der Waals surface area contributed by atoms with Gasteiger partial charge < -0.3 is 4.90 Å². The molecule has 0 aromatic heterocycles. The first-order valence-corrected chi connectivity index (χ1v) is 11.1. The molecule has 3 heterocycles. The fourth-order valence-electron chi connectivity index (χ4n) is 5.40. The predicted molar refractivity (Wildman–Crippen MR) is 122 cm³/mol. The number of anilines is 1. The van der Waals surface area contributed by atoms with Crippen LogP contribution in [0.1, 0.15) is 36.2 Å². The number of fused-ring (bicyclic) bond motifs is 5. The van der Waals surface area contributed by atoms with E-state index in [0.29, 0.717) is 6.42 Å². The lowest BCUT2D eigenvalue weighted by atomic mass is 9.86. The number of imide groups is 1. The first-order chi connectivity index (χ1) is 15.8. The summed E-state index contributed by atoms with van der Waals surface area (Å²) in [5, 5.41) is 11.3. The Labute approximate surface area is 190 Å². The zero-order chi connectivity index (χ0) is 23.4. The van der Waals surface area contributed by atoms with Gasteiger partial charge >= 0.3 is 0 Å². The molecule has 2 amide bonds. The number of rotatable bonds is 5. The number of carbonyl (C=O) groups is 3. The van der Waals surface area contributed by atoms with Crippen molar-refractivity contribution in [2.45, 2.75) is 38.4 Å². The number of amides is 2. The molecule has 2 aromatic carbocycles. The van der Waals surface area contributed by atoms with Gasteiger partial charge in [-0.2, -0.15) is 0 Å². The van der Waals surface area contributed by atoms with Crippen LogP contribution in [0.3, 0.4) is 0 Å². The first kappa shape index (κ1) is 21.1. The minimum absolute atomic E-state index is 0.155. The fourth-order valence-corrected chi connectivity index (χ4v) is 5.40. The van der Waals surface area contributed by atoms with Gasteiger partial charge in [0.25, 0.3) is 5.69 Å². The van der Waals surface area contributed by atoms with Gasteiger partial charge in [0.1, 0.15) is 6.04 Å². The monoisotopic (exact) mass is 445 g/mol. The number of hydrogen-bond donors (Lipinski definition) is 0. The van der Waals surface area contributed by atoms with Crippen molar-refractivity contribution in [2.24, 2.45) is 11.8 Å². The molecule has 0 bridgehead atoms. The van der Waals surface area contributed by atoms with Gasteiger partial charge in [0.05, 0.1) is 22.8 Å². The highest BCUT2D eigenvalue weighted by Gasteiger charge is 2.64. The summed E-state index contributed by atoms with van der Waals surface area (Å²) in [5.74, 6) is -2.52. The van der Waals surface area contributed by atoms with E-state index in [1.807, 2.05) is 55.2 Å². The molecule has 5 rings (SSSR count). The number of ketones is 1. The number of likely N-dealkylation sites (tertiary alicyclic amines) is 1. The van der Waals surface area contributed by atoms with Crippen molar-refractivity contribution in [3.63, 3.8) is 0 Å². The third-order valence-electron chi connectivity index (χ3n) is 7.09. The molecule has 2 fully saturated rings. The van der Waals surface area contributed by atoms with E-state index >= 15 is 0 Å². The van der Waals surface area contributed by atoms with Gasteiger partial charge in [0, 0.05) is 29.4 Å². The van der Waals surface area contributed by atoms with Crippen molar-refractivity contribution >= 4 is 35.0 Å². The molecule has 0 unspecified atom stereocenters. The summed E-state index contributed by atoms with van der Waals surface area (Å²) in [6.07, 6.45) is 4.44. The largest absolute Gasteiger partial charge is 0.352 e. The molecule has 8 heteroatoms. The average Bonchev–Trinajstić information content (AvgIpc) is 3.31. The molecule has 2 aromatic rings. The number of nitro benzene ring substituents is 1. The third-order valence-corrected chi connectivity index (χ3v) is 7.09. The van der Waals surface area contributed by atoms with Gasteiger partial charge in [0.15, 0.2) is 5.78 Å². The number of hydrogen-bond acceptors (Lipinski definition) is 6. The number of nitrogens with zero attached hydrogens (tertiary/aromatic N) is 3. The average molecular weight is 445 g/mol. The van der Waals surface area contributed by atoms with E-state index in [9.17, 15) is 24.5 Å². The van der Waals surface area contributed by atoms with Crippen LogP contribution in [0.5, 0.6) is 0 Å². The molecule has 33 heavy (non-hydrogen) atoms. The van der Waals surface area contributed by atoms with Crippen molar-refractivity contribution in [3.8, 4) is 0 Å². The number of carbonyl (C=O) groups excluding carboxylic acids is 3. The van der Waals surface area contributed by atoms with E-state index < -0.39 is 34.6 Å². The molecule has 0 spiro atoms. The van der Waals surface area contributed by atoms with Crippen LogP contribution >= 0.6 is 0 Å². The Morgan fingerprint density at radius 2 is 1.82 bits per heavy atom. The predicted octanol–water partition coefficient (Wildman–Crippen LogP) is 3.46. The summed E-state index contributed by atoms with van der Waals surface area (Å²) in [4.78, 5) is 54.8. The van der Waals surface area contributed by atoms with E-state index in [0.717, 1.165) is 11.3 Å². The Morgan fingerprint density at radius 1 is 1.09 bits per heavy atom. The van der Waals surface area contributed by atoms with Gasteiger partial charge in [-0.25, -0.2) is 0 Å². The molecule has 0 radical (unpaired) electrons. The normalized spacial score (nSPS) is 26.1. The highest BCUT2D eigenvalue weighted by atomic mass is 16.6. The van der Waals surface area contributed by atoms with Crippen LogP contribution in [-0.2, 0) is 9.59 Å². The molecule has 8 nitrogen and oxygen atoms in total. The number of benzene rings is 2. The summed E-state index contributed by atoms with van der Waals surface area (Å²) < 4.78 is 0. The molecule has 0 saturated carbocycles. The molecule has 168 valence electrons. The zero-order valence-corrected chi connectivity index (χ0v) is 18.3. The Bertz CT molecular complexity index is 1220. The minimum atomic E-state index is -0.932.